The Hall–Kier alpha value is 0.280. The molecule has 0 saturated carbocycles. The Morgan fingerprint density at radius 2 is 1.09 bits per heavy atom. The molecule has 0 heterocycles. The summed E-state index contributed by atoms with van der Waals surface area (Å²) in [4.78, 5) is 0. The molecule has 0 saturated heterocycles. The van der Waals surface area contributed by atoms with Gasteiger partial charge in [0.05, 0.1) is 0 Å². The molecular formula is C20H36CaO. The fourth-order valence-electron chi connectivity index (χ4n) is 2.83. The van der Waals surface area contributed by atoms with E-state index in [4.69, 9.17) is 0 Å². The van der Waals surface area contributed by atoms with E-state index in [1.807, 2.05) is 12.1 Å². The van der Waals surface area contributed by atoms with Gasteiger partial charge in [-0.1, -0.05) is 89.7 Å². The Bertz CT molecular complexity index is 344. The zero-order chi connectivity index (χ0) is 15.2. The molecule has 22 heavy (non-hydrogen) atoms. The van der Waals surface area contributed by atoms with Gasteiger partial charge in [-0.15, -0.1) is 0 Å². The third-order valence-electron chi connectivity index (χ3n) is 4.26. The third kappa shape index (κ3) is 12.8. The summed E-state index contributed by atoms with van der Waals surface area (Å²) in [7, 11) is 0. The van der Waals surface area contributed by atoms with Crippen molar-refractivity contribution in [2.45, 2.75) is 90.4 Å². The Labute approximate surface area is 170 Å². The predicted octanol–water partition coefficient (Wildman–Crippen LogP) is 6.48. The van der Waals surface area contributed by atoms with Gasteiger partial charge in [0.15, 0.2) is 0 Å². The molecule has 0 aromatic heterocycles. The molecule has 0 unspecified atom stereocenters. The molecule has 124 valence electrons. The van der Waals surface area contributed by atoms with Gasteiger partial charge in [0.25, 0.3) is 0 Å². The number of phenolic OH excluding ortho intramolecular Hbond substituents is 1. The average molecular weight is 333 g/mol. The van der Waals surface area contributed by atoms with Gasteiger partial charge in [0.2, 0.25) is 0 Å². The van der Waals surface area contributed by atoms with Gasteiger partial charge in [0, 0.05) is 0 Å². The van der Waals surface area contributed by atoms with E-state index in [2.05, 4.69) is 6.92 Å². The van der Waals surface area contributed by atoms with E-state index in [0.29, 0.717) is 5.75 Å². The molecule has 0 spiro atoms. The topological polar surface area (TPSA) is 20.2 Å². The maximum atomic E-state index is 9.23. The molecule has 1 rings (SSSR count). The summed E-state index contributed by atoms with van der Waals surface area (Å²) in [5, 5.41) is 9.23. The molecule has 0 aliphatic carbocycles. The number of rotatable bonds is 13. The largest absolute Gasteiger partial charge is 2.00 e. The quantitative estimate of drug-likeness (QED) is 0.324. The van der Waals surface area contributed by atoms with E-state index >= 15 is 0 Å². The minimum Gasteiger partial charge on any atom is -1.00 e. The molecule has 0 radical (unpaired) electrons. The van der Waals surface area contributed by atoms with Crippen LogP contribution in [0.5, 0.6) is 5.75 Å². The van der Waals surface area contributed by atoms with Crippen molar-refractivity contribution in [1.29, 1.82) is 0 Å². The summed E-state index contributed by atoms with van der Waals surface area (Å²) >= 11 is 0. The number of phenols is 1. The van der Waals surface area contributed by atoms with Crippen molar-refractivity contribution >= 4 is 37.7 Å². The Morgan fingerprint density at radius 1 is 0.682 bits per heavy atom. The number of aryl methyl sites for hydroxylation is 1. The fraction of sp³-hybridized carbons (Fsp3) is 0.700. The first-order valence-corrected chi connectivity index (χ1v) is 9.11. The maximum Gasteiger partial charge on any atom is 2.00 e. The summed E-state index contributed by atoms with van der Waals surface area (Å²) < 4.78 is 0. The predicted molar refractivity (Wildman–Crippen MR) is 101 cm³/mol. The fourth-order valence-corrected chi connectivity index (χ4v) is 2.83. The maximum absolute atomic E-state index is 9.23. The van der Waals surface area contributed by atoms with Gasteiger partial charge in [0.1, 0.15) is 5.75 Å². The van der Waals surface area contributed by atoms with Crippen LogP contribution in [0.15, 0.2) is 24.3 Å². The van der Waals surface area contributed by atoms with E-state index < -0.39 is 0 Å². The van der Waals surface area contributed by atoms with Crippen LogP contribution < -0.4 is 0 Å². The minimum atomic E-state index is 0. The zero-order valence-electron chi connectivity index (χ0n) is 16.7. The molecule has 0 bridgehead atoms. The van der Waals surface area contributed by atoms with Gasteiger partial charge in [-0.25, -0.2) is 0 Å². The first-order valence-electron chi connectivity index (χ1n) is 9.11. The van der Waals surface area contributed by atoms with Gasteiger partial charge >= 0.3 is 37.7 Å². The molecule has 0 aliphatic heterocycles. The van der Waals surface area contributed by atoms with E-state index in [1.54, 1.807) is 12.1 Å². The molecule has 0 fully saturated rings. The SMILES string of the molecule is CCCCCCCCCCCCCCc1ccc(O)cc1.[Ca+2].[H-].[H-]. The number of aromatic hydroxyl groups is 1. The first kappa shape index (κ1) is 22.3. The van der Waals surface area contributed by atoms with Crippen LogP contribution in [0.1, 0.15) is 92.4 Å². The molecule has 2 heteroatoms. The summed E-state index contributed by atoms with van der Waals surface area (Å²) in [6.45, 7) is 2.28. The van der Waals surface area contributed by atoms with Gasteiger partial charge in [-0.2, -0.15) is 0 Å². The second kappa shape index (κ2) is 16.1. The van der Waals surface area contributed by atoms with Crippen molar-refractivity contribution < 1.29 is 7.96 Å². The number of hydrogen-bond acceptors (Lipinski definition) is 1. The molecule has 1 N–H and O–H groups in total. The Morgan fingerprint density at radius 3 is 1.55 bits per heavy atom. The first-order chi connectivity index (χ1) is 10.3. The molecule has 1 aromatic rings. The van der Waals surface area contributed by atoms with Crippen molar-refractivity contribution in [2.75, 3.05) is 0 Å². The van der Waals surface area contributed by atoms with Crippen molar-refractivity contribution in [3.8, 4) is 5.75 Å². The van der Waals surface area contributed by atoms with Crippen LogP contribution >= 0.6 is 0 Å². The van der Waals surface area contributed by atoms with Crippen LogP contribution in [0, 0.1) is 0 Å². The summed E-state index contributed by atoms with van der Waals surface area (Å²) in [6.07, 6.45) is 18.0. The molecule has 0 atom stereocenters. The molecule has 1 nitrogen and oxygen atoms in total. The minimum absolute atomic E-state index is 0. The van der Waals surface area contributed by atoms with Crippen LogP contribution in [0.4, 0.5) is 0 Å². The molecule has 0 aliphatic rings. The Kier molecular flexibility index (Phi) is 16.4. The van der Waals surface area contributed by atoms with E-state index in [1.165, 1.54) is 82.6 Å². The number of benzene rings is 1. The van der Waals surface area contributed by atoms with Crippen LogP contribution in [0.3, 0.4) is 0 Å². The van der Waals surface area contributed by atoms with E-state index in [0.717, 1.165) is 6.42 Å². The summed E-state index contributed by atoms with van der Waals surface area (Å²) in [5.41, 5.74) is 1.35. The van der Waals surface area contributed by atoms with Crippen molar-refractivity contribution in [3.63, 3.8) is 0 Å². The van der Waals surface area contributed by atoms with Gasteiger partial charge < -0.3 is 7.96 Å². The normalized spacial score (nSPS) is 10.4. The summed E-state index contributed by atoms with van der Waals surface area (Å²) in [5.74, 6) is 0.369. The van der Waals surface area contributed by atoms with Crippen LogP contribution in [0.25, 0.3) is 0 Å². The second-order valence-corrected chi connectivity index (χ2v) is 6.31. The molecule has 1 aromatic carbocycles. The van der Waals surface area contributed by atoms with E-state index in [-0.39, 0.29) is 40.6 Å². The van der Waals surface area contributed by atoms with Crippen molar-refractivity contribution in [2.24, 2.45) is 0 Å². The van der Waals surface area contributed by atoms with Crippen LogP contribution in [-0.4, -0.2) is 42.8 Å². The second-order valence-electron chi connectivity index (χ2n) is 6.31. The summed E-state index contributed by atoms with van der Waals surface area (Å²) in [6, 6.07) is 7.65. The van der Waals surface area contributed by atoms with Crippen LogP contribution in [-0.2, 0) is 6.42 Å². The molecular weight excluding hydrogens is 296 g/mol. The average Bonchev–Trinajstić information content (AvgIpc) is 2.50. The zero-order valence-corrected chi connectivity index (χ0v) is 16.9. The van der Waals surface area contributed by atoms with Crippen LogP contribution in [0.2, 0.25) is 0 Å². The number of unbranched alkanes of at least 4 members (excludes halogenated alkanes) is 11. The smallest absolute Gasteiger partial charge is 1.00 e. The third-order valence-corrected chi connectivity index (χ3v) is 4.26. The Balaban J connectivity index is -0.00000147. The van der Waals surface area contributed by atoms with Crippen molar-refractivity contribution in [1.82, 2.24) is 0 Å². The van der Waals surface area contributed by atoms with Gasteiger partial charge in [-0.05, 0) is 30.5 Å². The molecule has 0 amide bonds. The monoisotopic (exact) mass is 332 g/mol. The van der Waals surface area contributed by atoms with E-state index in [9.17, 15) is 5.11 Å². The van der Waals surface area contributed by atoms with Crippen molar-refractivity contribution in [3.05, 3.63) is 29.8 Å². The standard InChI is InChI=1S/C20H34O.Ca.2H/c1-2-3-4-5-6-7-8-9-10-11-12-13-14-19-15-17-20(21)18-16-19;;;/h15-18,21H,2-14H2,1H3;;;/q;+2;2*-1. The number of hydrogen-bond donors (Lipinski definition) is 1. The van der Waals surface area contributed by atoms with Gasteiger partial charge in [-0.3, -0.25) is 0 Å².